The van der Waals surface area contributed by atoms with Gasteiger partial charge in [0.15, 0.2) is 0 Å². The molecular weight excluding hydrogens is 424 g/mol. The van der Waals surface area contributed by atoms with E-state index in [2.05, 4.69) is 53.7 Å². The van der Waals surface area contributed by atoms with Gasteiger partial charge in [0.1, 0.15) is 5.78 Å². The molecule has 4 aliphatic carbocycles. The molecule has 2 saturated carbocycles. The summed E-state index contributed by atoms with van der Waals surface area (Å²) < 4.78 is 0. The normalized spacial score (nSPS) is 40.0. The van der Waals surface area contributed by atoms with E-state index < -0.39 is 12.6 Å². The number of carbonyl (C=O) groups excluding carboxylic acids is 1. The highest BCUT2D eigenvalue weighted by molar-refractivity contribution is 5.87. The molecule has 0 saturated heterocycles. The third-order valence-corrected chi connectivity index (χ3v) is 11.2. The number of fused-ring (bicyclic) bond motifs is 5. The van der Waals surface area contributed by atoms with Crippen LogP contribution in [0.4, 0.5) is 0 Å². The predicted molar refractivity (Wildman–Crippen MR) is 135 cm³/mol. The minimum Gasteiger partial charge on any atom is -0.478 e. The van der Waals surface area contributed by atoms with Gasteiger partial charge in [0, 0.05) is 11.8 Å². The van der Waals surface area contributed by atoms with Crippen molar-refractivity contribution in [1.29, 1.82) is 0 Å². The fraction of sp³-hybridized carbons (Fsp3) is 0.733. The second-order valence-electron chi connectivity index (χ2n) is 12.9. The fourth-order valence-corrected chi connectivity index (χ4v) is 8.70. The summed E-state index contributed by atoms with van der Waals surface area (Å²) in [5.41, 5.74) is 3.34. The Morgan fingerprint density at radius 3 is 2.50 bits per heavy atom. The van der Waals surface area contributed by atoms with Gasteiger partial charge < -0.3 is 10.2 Å². The molecule has 6 atom stereocenters. The monoisotopic (exact) mass is 468 g/mol. The summed E-state index contributed by atoms with van der Waals surface area (Å²) in [7, 11) is 0. The van der Waals surface area contributed by atoms with Gasteiger partial charge in [0.25, 0.3) is 0 Å². The Kier molecular flexibility index (Phi) is 6.33. The van der Waals surface area contributed by atoms with Crippen molar-refractivity contribution in [3.8, 4) is 0 Å². The van der Waals surface area contributed by atoms with Crippen LogP contribution in [0.3, 0.4) is 0 Å². The standard InChI is InChI=1S/C30H44O4/c1-19(8-7-9-20(18-31)26(33)34)21-12-16-30(6)23-10-11-24-27(2,3)25(32)14-15-28(24,4)22(23)13-17-29(21,30)5/h9-10,13,19,21,24,31H,7-8,11-12,14-18H2,1-6H3,(H,33,34)/b20-9-/t19?,21-,24+,28-,29-,30+/m1/s1. The van der Waals surface area contributed by atoms with Crippen LogP contribution < -0.4 is 0 Å². The van der Waals surface area contributed by atoms with E-state index in [4.69, 9.17) is 0 Å². The van der Waals surface area contributed by atoms with E-state index in [0.717, 1.165) is 25.7 Å². The Hall–Kier alpha value is -1.68. The van der Waals surface area contributed by atoms with Crippen LogP contribution in [0.5, 0.6) is 0 Å². The van der Waals surface area contributed by atoms with Crippen molar-refractivity contribution in [2.75, 3.05) is 6.61 Å². The van der Waals surface area contributed by atoms with Crippen LogP contribution in [-0.2, 0) is 9.59 Å². The van der Waals surface area contributed by atoms with Gasteiger partial charge >= 0.3 is 5.97 Å². The molecule has 4 rings (SSSR count). The average Bonchev–Trinajstić information content (AvgIpc) is 3.05. The first-order chi connectivity index (χ1) is 15.8. The zero-order valence-electron chi connectivity index (χ0n) is 22.0. The SMILES string of the molecule is CC(CC/C=C(/CO)C(=O)O)[C@H]1CC[C@@]2(C)C3=CC[C@H]4C(C)(C)C(=O)CC[C@]4(C)C3=CC[C@]12C. The van der Waals surface area contributed by atoms with Gasteiger partial charge in [0.05, 0.1) is 12.2 Å². The molecule has 4 nitrogen and oxygen atoms in total. The minimum absolute atomic E-state index is 0.0812. The molecule has 2 fully saturated rings. The highest BCUT2D eigenvalue weighted by Crippen LogP contribution is 2.71. The molecule has 0 amide bonds. The minimum atomic E-state index is -1.02. The van der Waals surface area contributed by atoms with E-state index in [-0.39, 0.29) is 27.2 Å². The smallest absolute Gasteiger partial charge is 0.333 e. The summed E-state index contributed by atoms with van der Waals surface area (Å²) in [6.07, 6.45) is 14.5. The van der Waals surface area contributed by atoms with Gasteiger partial charge in [-0.2, -0.15) is 0 Å². The average molecular weight is 469 g/mol. The van der Waals surface area contributed by atoms with E-state index in [1.54, 1.807) is 11.6 Å². The quantitative estimate of drug-likeness (QED) is 0.436. The molecule has 2 N–H and O–H groups in total. The largest absolute Gasteiger partial charge is 0.478 e. The lowest BCUT2D eigenvalue weighted by atomic mass is 9.44. The number of carboxylic acids is 1. The molecule has 0 aromatic heterocycles. The Labute approximate surface area is 205 Å². The maximum atomic E-state index is 12.8. The van der Waals surface area contributed by atoms with Crippen LogP contribution in [0.1, 0.15) is 92.9 Å². The van der Waals surface area contributed by atoms with Crippen molar-refractivity contribution in [3.05, 3.63) is 34.9 Å². The third-order valence-electron chi connectivity index (χ3n) is 11.2. The first kappa shape index (κ1) is 25.4. The predicted octanol–water partition coefficient (Wildman–Crippen LogP) is 6.50. The van der Waals surface area contributed by atoms with Gasteiger partial charge in [-0.1, -0.05) is 59.8 Å². The lowest BCUT2D eigenvalue weighted by Gasteiger charge is -2.59. The van der Waals surface area contributed by atoms with Crippen molar-refractivity contribution in [2.45, 2.75) is 92.9 Å². The van der Waals surface area contributed by atoms with Crippen LogP contribution in [0, 0.1) is 39.4 Å². The summed E-state index contributed by atoms with van der Waals surface area (Å²) in [6.45, 7) is 13.7. The summed E-state index contributed by atoms with van der Waals surface area (Å²) >= 11 is 0. The van der Waals surface area contributed by atoms with Gasteiger partial charge in [-0.05, 0) is 90.1 Å². The number of aliphatic carboxylic acids is 1. The maximum absolute atomic E-state index is 12.8. The summed E-state index contributed by atoms with van der Waals surface area (Å²) in [4.78, 5) is 24.0. The molecular formula is C30H44O4. The maximum Gasteiger partial charge on any atom is 0.333 e. The topological polar surface area (TPSA) is 74.6 Å². The number of carbonyl (C=O) groups is 2. The van der Waals surface area contributed by atoms with Gasteiger partial charge in [-0.3, -0.25) is 4.79 Å². The zero-order valence-corrected chi connectivity index (χ0v) is 22.0. The zero-order chi connectivity index (χ0) is 25.1. The van der Waals surface area contributed by atoms with Crippen LogP contribution in [0.2, 0.25) is 0 Å². The molecule has 0 aliphatic heterocycles. The van der Waals surface area contributed by atoms with Crippen molar-refractivity contribution in [1.82, 2.24) is 0 Å². The van der Waals surface area contributed by atoms with Crippen LogP contribution in [-0.4, -0.2) is 28.6 Å². The summed E-state index contributed by atoms with van der Waals surface area (Å²) in [5.74, 6) is 0.856. The molecule has 0 aromatic carbocycles. The van der Waals surface area contributed by atoms with E-state index in [0.29, 0.717) is 36.4 Å². The lowest BCUT2D eigenvalue weighted by Crippen LogP contribution is -2.53. The molecule has 0 radical (unpaired) electrons. The first-order valence-electron chi connectivity index (χ1n) is 13.3. The molecule has 4 aliphatic rings. The number of rotatable bonds is 6. The van der Waals surface area contributed by atoms with Gasteiger partial charge in [0.2, 0.25) is 0 Å². The highest BCUT2D eigenvalue weighted by atomic mass is 16.4. The number of Topliss-reactive ketones (excluding diaryl/α,β-unsaturated/α-hetero) is 1. The van der Waals surface area contributed by atoms with Gasteiger partial charge in [-0.25, -0.2) is 4.79 Å². The number of aliphatic hydroxyl groups is 1. The Bertz CT molecular complexity index is 968. The lowest BCUT2D eigenvalue weighted by molar-refractivity contribution is -0.138. The van der Waals surface area contributed by atoms with Crippen LogP contribution in [0.25, 0.3) is 0 Å². The van der Waals surface area contributed by atoms with E-state index in [9.17, 15) is 19.8 Å². The summed E-state index contributed by atoms with van der Waals surface area (Å²) in [6, 6.07) is 0. The highest BCUT2D eigenvalue weighted by Gasteiger charge is 2.63. The second kappa shape index (κ2) is 8.47. The Morgan fingerprint density at radius 1 is 1.15 bits per heavy atom. The molecule has 0 aromatic rings. The number of ketones is 1. The van der Waals surface area contributed by atoms with E-state index in [1.807, 2.05) is 0 Å². The number of allylic oxidation sites excluding steroid dienone is 5. The summed E-state index contributed by atoms with van der Waals surface area (Å²) in [5, 5.41) is 18.5. The molecule has 188 valence electrons. The second-order valence-corrected chi connectivity index (χ2v) is 12.9. The third kappa shape index (κ3) is 3.50. The number of hydrogen-bond acceptors (Lipinski definition) is 3. The Morgan fingerprint density at radius 2 is 1.85 bits per heavy atom. The number of hydrogen-bond donors (Lipinski definition) is 2. The number of carboxylic acid groups (broad SMARTS) is 1. The molecule has 0 spiro atoms. The number of aliphatic hydroxyl groups excluding tert-OH is 1. The van der Waals surface area contributed by atoms with Gasteiger partial charge in [-0.15, -0.1) is 0 Å². The van der Waals surface area contributed by atoms with E-state index >= 15 is 0 Å². The van der Waals surface area contributed by atoms with Crippen molar-refractivity contribution in [3.63, 3.8) is 0 Å². The van der Waals surface area contributed by atoms with Crippen LogP contribution in [0.15, 0.2) is 34.9 Å². The van der Waals surface area contributed by atoms with Crippen LogP contribution >= 0.6 is 0 Å². The first-order valence-corrected chi connectivity index (χ1v) is 13.3. The molecule has 4 heteroatoms. The van der Waals surface area contributed by atoms with E-state index in [1.165, 1.54) is 18.4 Å². The molecule has 1 unspecified atom stereocenters. The molecule has 34 heavy (non-hydrogen) atoms. The van der Waals surface area contributed by atoms with Crippen molar-refractivity contribution in [2.24, 2.45) is 39.4 Å². The van der Waals surface area contributed by atoms with Crippen molar-refractivity contribution >= 4 is 11.8 Å². The molecule has 0 bridgehead atoms. The Balaban J connectivity index is 1.60. The van der Waals surface area contributed by atoms with Crippen molar-refractivity contribution < 1.29 is 19.8 Å². The molecule has 0 heterocycles. The fourth-order valence-electron chi connectivity index (χ4n) is 8.70.